The van der Waals surface area contributed by atoms with Crippen LogP contribution in [0.5, 0.6) is 0 Å². The van der Waals surface area contributed by atoms with Crippen molar-refractivity contribution >= 4 is 16.9 Å². The molecular weight excluding hydrogens is 322 g/mol. The lowest BCUT2D eigenvalue weighted by Gasteiger charge is -2.31. The van der Waals surface area contributed by atoms with Crippen molar-refractivity contribution in [3.63, 3.8) is 0 Å². The monoisotopic (exact) mass is 339 g/mol. The molecule has 1 aromatic carbocycles. The second kappa shape index (κ2) is 6.48. The molecule has 1 amide bonds. The molecule has 0 aliphatic carbocycles. The second-order valence-electron chi connectivity index (χ2n) is 5.84. The average Bonchev–Trinajstić information content (AvgIpc) is 3.15. The molecule has 1 unspecified atom stereocenters. The minimum absolute atomic E-state index is 0.138. The van der Waals surface area contributed by atoms with Crippen LogP contribution in [0.25, 0.3) is 11.0 Å². The van der Waals surface area contributed by atoms with E-state index in [9.17, 15) is 9.59 Å². The number of amides is 1. The predicted molar refractivity (Wildman–Crippen MR) is 90.1 cm³/mol. The summed E-state index contributed by atoms with van der Waals surface area (Å²) in [5.41, 5.74) is 0.854. The second-order valence-corrected chi connectivity index (χ2v) is 5.84. The van der Waals surface area contributed by atoms with Crippen LogP contribution in [0.15, 0.2) is 47.7 Å². The lowest BCUT2D eigenvalue weighted by Crippen LogP contribution is -2.46. The summed E-state index contributed by atoms with van der Waals surface area (Å²) in [6.45, 7) is 2.03. The molecule has 1 atom stereocenters. The Morgan fingerprint density at radius 2 is 1.96 bits per heavy atom. The third-order valence-corrected chi connectivity index (χ3v) is 4.35. The van der Waals surface area contributed by atoms with E-state index in [4.69, 9.17) is 4.74 Å². The Hall–Kier alpha value is -3.00. The van der Waals surface area contributed by atoms with Crippen molar-refractivity contribution < 1.29 is 9.53 Å². The summed E-state index contributed by atoms with van der Waals surface area (Å²) < 4.78 is 6.70. The fourth-order valence-electron chi connectivity index (χ4n) is 3.04. The molecule has 0 spiro atoms. The topological polar surface area (TPSA) is 93.1 Å². The van der Waals surface area contributed by atoms with E-state index in [2.05, 4.69) is 15.2 Å². The number of benzene rings is 1. The fraction of sp³-hybridized carbons (Fsp3) is 0.294. The maximum atomic E-state index is 13.2. The number of hydrogen-bond donors (Lipinski definition) is 1. The number of nitrogens with zero attached hydrogens (tertiary/aromatic N) is 4. The number of fused-ring (bicyclic) bond motifs is 1. The van der Waals surface area contributed by atoms with Crippen molar-refractivity contribution in [1.29, 1.82) is 0 Å². The molecule has 0 bridgehead atoms. The van der Waals surface area contributed by atoms with Crippen LogP contribution in [-0.4, -0.2) is 56.9 Å². The predicted octanol–water partition coefficient (Wildman–Crippen LogP) is 0.568. The molecular formula is C17H17N5O3. The highest BCUT2D eigenvalue weighted by molar-refractivity contribution is 5.84. The lowest BCUT2D eigenvalue weighted by molar-refractivity contribution is -0.137. The van der Waals surface area contributed by atoms with Gasteiger partial charge in [0.2, 0.25) is 0 Å². The zero-order valence-corrected chi connectivity index (χ0v) is 13.5. The molecule has 128 valence electrons. The van der Waals surface area contributed by atoms with Gasteiger partial charge in [-0.05, 0) is 5.56 Å². The van der Waals surface area contributed by atoms with Gasteiger partial charge in [-0.3, -0.25) is 19.3 Å². The average molecular weight is 339 g/mol. The SMILES string of the molecule is O=C(C(c1ccccc1)n1cnc2[nH]ncc2c1=O)N1CCOCC1. The number of aromatic amines is 1. The van der Waals surface area contributed by atoms with Gasteiger partial charge in [-0.2, -0.15) is 5.10 Å². The number of morpholine rings is 1. The minimum Gasteiger partial charge on any atom is -0.378 e. The van der Waals surface area contributed by atoms with Crippen LogP contribution in [0, 0.1) is 0 Å². The van der Waals surface area contributed by atoms with Crippen molar-refractivity contribution in [3.8, 4) is 0 Å². The quantitative estimate of drug-likeness (QED) is 0.753. The van der Waals surface area contributed by atoms with E-state index >= 15 is 0 Å². The van der Waals surface area contributed by atoms with Gasteiger partial charge in [0, 0.05) is 13.1 Å². The summed E-state index contributed by atoms with van der Waals surface area (Å²) in [5.74, 6) is -0.138. The van der Waals surface area contributed by atoms with E-state index in [1.165, 1.54) is 17.1 Å². The minimum atomic E-state index is -0.765. The number of aromatic nitrogens is 4. The molecule has 8 nitrogen and oxygen atoms in total. The van der Waals surface area contributed by atoms with Crippen LogP contribution in [0.2, 0.25) is 0 Å². The molecule has 1 aliphatic heterocycles. The Morgan fingerprint density at radius 1 is 1.20 bits per heavy atom. The van der Waals surface area contributed by atoms with Crippen molar-refractivity contribution in [1.82, 2.24) is 24.6 Å². The molecule has 3 heterocycles. The van der Waals surface area contributed by atoms with Gasteiger partial charge < -0.3 is 9.64 Å². The number of ether oxygens (including phenoxy) is 1. The number of rotatable bonds is 3. The summed E-state index contributed by atoms with van der Waals surface area (Å²) in [7, 11) is 0. The van der Waals surface area contributed by atoms with Crippen LogP contribution in [0.3, 0.4) is 0 Å². The zero-order chi connectivity index (χ0) is 17.2. The van der Waals surface area contributed by atoms with Crippen molar-refractivity contribution in [3.05, 3.63) is 58.8 Å². The van der Waals surface area contributed by atoms with Crippen molar-refractivity contribution in [2.24, 2.45) is 0 Å². The molecule has 4 rings (SSSR count). The van der Waals surface area contributed by atoms with Gasteiger partial charge in [-0.1, -0.05) is 30.3 Å². The van der Waals surface area contributed by atoms with Crippen LogP contribution in [0.4, 0.5) is 0 Å². The standard InChI is InChI=1S/C17H17N5O3/c23-16-13-10-19-20-15(13)18-11-22(16)14(12-4-2-1-3-5-12)17(24)21-6-8-25-9-7-21/h1-5,10-11,14H,6-9H2,(H,19,20). The normalized spacial score (nSPS) is 16.1. The van der Waals surface area contributed by atoms with E-state index < -0.39 is 6.04 Å². The summed E-state index contributed by atoms with van der Waals surface area (Å²) in [4.78, 5) is 32.0. The smallest absolute Gasteiger partial charge is 0.265 e. The van der Waals surface area contributed by atoms with E-state index in [0.717, 1.165) is 5.56 Å². The molecule has 2 aromatic heterocycles. The Bertz CT molecular complexity index is 944. The lowest BCUT2D eigenvalue weighted by atomic mass is 10.0. The summed E-state index contributed by atoms with van der Waals surface area (Å²) >= 11 is 0. The molecule has 25 heavy (non-hydrogen) atoms. The number of H-pyrrole nitrogens is 1. The number of carbonyl (C=O) groups excluding carboxylic acids is 1. The number of hydrogen-bond acceptors (Lipinski definition) is 5. The van der Waals surface area contributed by atoms with Gasteiger partial charge in [0.05, 0.1) is 19.4 Å². The van der Waals surface area contributed by atoms with Gasteiger partial charge in [-0.15, -0.1) is 0 Å². The number of nitrogens with one attached hydrogen (secondary N) is 1. The van der Waals surface area contributed by atoms with Gasteiger partial charge in [0.25, 0.3) is 11.5 Å². The van der Waals surface area contributed by atoms with Crippen LogP contribution in [-0.2, 0) is 9.53 Å². The highest BCUT2D eigenvalue weighted by atomic mass is 16.5. The Kier molecular flexibility index (Phi) is 4.02. The first-order valence-corrected chi connectivity index (χ1v) is 8.07. The Balaban J connectivity index is 1.83. The Labute approximate surface area is 143 Å². The Morgan fingerprint density at radius 3 is 2.72 bits per heavy atom. The summed E-state index contributed by atoms with van der Waals surface area (Å²) in [6, 6.07) is 8.50. The van der Waals surface area contributed by atoms with E-state index in [0.29, 0.717) is 37.3 Å². The molecule has 0 saturated carbocycles. The van der Waals surface area contributed by atoms with Crippen molar-refractivity contribution in [2.45, 2.75) is 6.04 Å². The van der Waals surface area contributed by atoms with Crippen LogP contribution < -0.4 is 5.56 Å². The fourth-order valence-corrected chi connectivity index (χ4v) is 3.04. The highest BCUT2D eigenvalue weighted by Crippen LogP contribution is 2.20. The van der Waals surface area contributed by atoms with E-state index in [1.54, 1.807) is 4.90 Å². The molecule has 3 aromatic rings. The van der Waals surface area contributed by atoms with Crippen molar-refractivity contribution in [2.75, 3.05) is 26.3 Å². The van der Waals surface area contributed by atoms with E-state index in [-0.39, 0.29) is 11.5 Å². The highest BCUT2D eigenvalue weighted by Gasteiger charge is 2.30. The maximum Gasteiger partial charge on any atom is 0.265 e. The maximum absolute atomic E-state index is 13.2. The molecule has 1 fully saturated rings. The first kappa shape index (κ1) is 15.5. The number of carbonyl (C=O) groups is 1. The summed E-state index contributed by atoms with van der Waals surface area (Å²) in [6.07, 6.45) is 2.83. The van der Waals surface area contributed by atoms with Gasteiger partial charge in [-0.25, -0.2) is 4.98 Å². The molecule has 1 N–H and O–H groups in total. The molecule has 1 saturated heterocycles. The van der Waals surface area contributed by atoms with Gasteiger partial charge >= 0.3 is 0 Å². The largest absolute Gasteiger partial charge is 0.378 e. The first-order valence-electron chi connectivity index (χ1n) is 8.07. The summed E-state index contributed by atoms with van der Waals surface area (Å²) in [5, 5.41) is 6.89. The van der Waals surface area contributed by atoms with Crippen LogP contribution >= 0.6 is 0 Å². The third-order valence-electron chi connectivity index (χ3n) is 4.35. The molecule has 8 heteroatoms. The molecule has 1 aliphatic rings. The third kappa shape index (κ3) is 2.80. The van der Waals surface area contributed by atoms with Crippen LogP contribution in [0.1, 0.15) is 11.6 Å². The molecule has 0 radical (unpaired) electrons. The van der Waals surface area contributed by atoms with Gasteiger partial charge in [0.1, 0.15) is 17.8 Å². The van der Waals surface area contributed by atoms with E-state index in [1.807, 2.05) is 30.3 Å². The zero-order valence-electron chi connectivity index (χ0n) is 13.5. The van der Waals surface area contributed by atoms with Gasteiger partial charge in [0.15, 0.2) is 5.65 Å². The first-order chi connectivity index (χ1) is 12.3.